The van der Waals surface area contributed by atoms with Gasteiger partial charge < -0.3 is 0 Å². The Kier molecular flexibility index (Phi) is 0.511. The summed E-state index contributed by atoms with van der Waals surface area (Å²) in [5.74, 6) is 0. The van der Waals surface area contributed by atoms with Crippen LogP contribution in [0.1, 0.15) is 25.7 Å². The lowest BCUT2D eigenvalue weighted by atomic mass is 10.5. The smallest absolute Gasteiger partial charge is 0.0200 e. The average molecular weight is 92.1 g/mol. The molecule has 0 radical (unpaired) electrons. The van der Waals surface area contributed by atoms with Crippen molar-refractivity contribution in [3.8, 4) is 0 Å². The first kappa shape index (κ1) is 3.51. The van der Waals surface area contributed by atoms with Gasteiger partial charge in [-0.1, -0.05) is 0 Å². The lowest BCUT2D eigenvalue weighted by Crippen LogP contribution is -1.33. The zero-order valence-corrected chi connectivity index (χ0v) is 4.33. The highest BCUT2D eigenvalue weighted by Gasteiger charge is 2.14. The maximum absolute atomic E-state index is 3.36. The molecular weight excluding hydrogens is 84.1 g/mol. The second-order valence-corrected chi connectivity index (χ2v) is 2.33. The molecule has 2 rings (SSSR count). The van der Waals surface area contributed by atoms with Crippen LogP contribution in [0.4, 0.5) is 0 Å². The fourth-order valence-electron chi connectivity index (χ4n) is 0.625. The monoisotopic (exact) mass is 92.1 g/mol. The summed E-state index contributed by atoms with van der Waals surface area (Å²) in [5, 5.41) is 0. The minimum Gasteiger partial charge on any atom is -0.123 e. The van der Waals surface area contributed by atoms with Crippen molar-refractivity contribution in [3.63, 3.8) is 0 Å². The Labute approximate surface area is 43.5 Å². The Balaban J connectivity index is 2.35. The zero-order valence-electron chi connectivity index (χ0n) is 4.33. The molecule has 2 aliphatic rings. The second-order valence-electron chi connectivity index (χ2n) is 2.33. The average Bonchev–Trinajstić information content (AvgIpc) is 2.33. The van der Waals surface area contributed by atoms with Crippen molar-refractivity contribution in [1.82, 2.24) is 0 Å². The van der Waals surface area contributed by atoms with E-state index in [1.165, 1.54) is 25.7 Å². The third-order valence-corrected chi connectivity index (χ3v) is 1.35. The Morgan fingerprint density at radius 3 is 1.57 bits per heavy atom. The molecule has 0 atom stereocenters. The molecule has 0 aromatic rings. The van der Waals surface area contributed by atoms with Crippen LogP contribution >= 0.6 is 0 Å². The highest BCUT2D eigenvalue weighted by Crippen LogP contribution is 2.32. The lowest BCUT2D eigenvalue weighted by molar-refractivity contribution is 1.50. The summed E-state index contributed by atoms with van der Waals surface area (Å²) in [7, 11) is 0. The van der Waals surface area contributed by atoms with Crippen molar-refractivity contribution >= 4 is 0 Å². The van der Waals surface area contributed by atoms with Gasteiger partial charge in [0.05, 0.1) is 0 Å². The van der Waals surface area contributed by atoms with E-state index in [1.807, 2.05) is 0 Å². The van der Waals surface area contributed by atoms with E-state index in [-0.39, 0.29) is 0 Å². The Morgan fingerprint density at radius 2 is 1.29 bits per heavy atom. The number of rotatable bonds is 0. The molecule has 2 aliphatic carbocycles. The van der Waals surface area contributed by atoms with E-state index < -0.39 is 0 Å². The van der Waals surface area contributed by atoms with E-state index in [0.717, 1.165) is 0 Å². The van der Waals surface area contributed by atoms with E-state index in [9.17, 15) is 0 Å². The number of hydrogen-bond donors (Lipinski definition) is 0. The van der Waals surface area contributed by atoms with E-state index in [2.05, 4.69) is 5.73 Å². The van der Waals surface area contributed by atoms with Gasteiger partial charge in [0, 0.05) is 0 Å². The fourth-order valence-corrected chi connectivity index (χ4v) is 0.625. The van der Waals surface area contributed by atoms with Gasteiger partial charge in [0.25, 0.3) is 0 Å². The van der Waals surface area contributed by atoms with Crippen LogP contribution in [-0.4, -0.2) is 0 Å². The normalized spacial score (nSPS) is 24.6. The molecule has 2 fully saturated rings. The van der Waals surface area contributed by atoms with Gasteiger partial charge >= 0.3 is 0 Å². The Morgan fingerprint density at radius 1 is 0.857 bits per heavy atom. The van der Waals surface area contributed by atoms with E-state index in [1.54, 1.807) is 11.1 Å². The van der Waals surface area contributed by atoms with Gasteiger partial charge in [-0.3, -0.25) is 0 Å². The molecule has 0 N–H and O–H groups in total. The molecule has 0 aromatic carbocycles. The van der Waals surface area contributed by atoms with Crippen LogP contribution in [0.25, 0.3) is 0 Å². The first-order valence-electron chi connectivity index (χ1n) is 2.91. The molecule has 0 bridgehead atoms. The second kappa shape index (κ2) is 1.02. The van der Waals surface area contributed by atoms with Crippen LogP contribution in [0.15, 0.2) is 16.9 Å². The number of hydrogen-bond acceptors (Lipinski definition) is 0. The van der Waals surface area contributed by atoms with E-state index in [0.29, 0.717) is 0 Å². The molecule has 0 unspecified atom stereocenters. The van der Waals surface area contributed by atoms with Gasteiger partial charge in [0.15, 0.2) is 0 Å². The summed E-state index contributed by atoms with van der Waals surface area (Å²) in [6.45, 7) is 0. The Hall–Kier alpha value is -0.480. The van der Waals surface area contributed by atoms with Gasteiger partial charge in [0.2, 0.25) is 0 Å². The first-order valence-corrected chi connectivity index (χ1v) is 2.91. The third-order valence-electron chi connectivity index (χ3n) is 1.35. The van der Waals surface area contributed by atoms with Gasteiger partial charge in [0.1, 0.15) is 0 Å². The number of allylic oxidation sites excluding steroid dienone is 1. The van der Waals surface area contributed by atoms with Gasteiger partial charge in [-0.15, -0.1) is 5.73 Å². The molecule has 0 spiro atoms. The Bertz CT molecular complexity index is 129. The summed E-state index contributed by atoms with van der Waals surface area (Å²) >= 11 is 0. The minimum absolute atomic E-state index is 1.34. The van der Waals surface area contributed by atoms with Crippen LogP contribution in [0, 0.1) is 0 Å². The molecular formula is C7H8. The molecule has 0 nitrogen and oxygen atoms in total. The predicted molar refractivity (Wildman–Crippen MR) is 29.0 cm³/mol. The lowest BCUT2D eigenvalue weighted by Gasteiger charge is -1.53. The summed E-state index contributed by atoms with van der Waals surface area (Å²) in [6, 6.07) is 0. The largest absolute Gasteiger partial charge is 0.123 e. The van der Waals surface area contributed by atoms with Gasteiger partial charge in [-0.25, -0.2) is 0 Å². The van der Waals surface area contributed by atoms with E-state index in [4.69, 9.17) is 0 Å². The molecule has 0 aliphatic heterocycles. The molecule has 0 aromatic heterocycles. The molecule has 0 amide bonds. The van der Waals surface area contributed by atoms with Crippen LogP contribution in [0.5, 0.6) is 0 Å². The van der Waals surface area contributed by atoms with Crippen molar-refractivity contribution in [3.05, 3.63) is 16.9 Å². The first-order chi connectivity index (χ1) is 3.45. The molecule has 0 heteroatoms. The van der Waals surface area contributed by atoms with Crippen molar-refractivity contribution in [1.29, 1.82) is 0 Å². The third kappa shape index (κ3) is 0.755. The van der Waals surface area contributed by atoms with E-state index >= 15 is 0 Å². The maximum atomic E-state index is 3.36. The minimum atomic E-state index is 1.34. The van der Waals surface area contributed by atoms with Crippen molar-refractivity contribution in [2.24, 2.45) is 0 Å². The molecule has 7 heavy (non-hydrogen) atoms. The maximum Gasteiger partial charge on any atom is -0.0200 e. The molecule has 36 valence electrons. The molecule has 2 saturated carbocycles. The van der Waals surface area contributed by atoms with Gasteiger partial charge in [-0.05, 0) is 36.8 Å². The quantitative estimate of drug-likeness (QED) is 0.401. The summed E-state index contributed by atoms with van der Waals surface area (Å²) < 4.78 is 0. The molecule has 0 saturated heterocycles. The van der Waals surface area contributed by atoms with Crippen LogP contribution in [0.3, 0.4) is 0 Å². The highest BCUT2D eigenvalue weighted by atomic mass is 14.2. The standard InChI is InChI=1S/C7H8/c1-2-6(1)5-7-3-4-7/h1-4H2. The molecule has 0 heterocycles. The van der Waals surface area contributed by atoms with Crippen molar-refractivity contribution in [2.45, 2.75) is 25.7 Å². The fraction of sp³-hybridized carbons (Fsp3) is 0.571. The van der Waals surface area contributed by atoms with Crippen molar-refractivity contribution < 1.29 is 0 Å². The van der Waals surface area contributed by atoms with Crippen LogP contribution in [-0.2, 0) is 0 Å². The summed E-state index contributed by atoms with van der Waals surface area (Å²) in [4.78, 5) is 0. The zero-order chi connectivity index (χ0) is 4.69. The van der Waals surface area contributed by atoms with Crippen LogP contribution in [0.2, 0.25) is 0 Å². The summed E-state index contributed by atoms with van der Waals surface area (Å²) in [5.41, 5.74) is 6.49. The van der Waals surface area contributed by atoms with Crippen molar-refractivity contribution in [2.75, 3.05) is 0 Å². The highest BCUT2D eigenvalue weighted by molar-refractivity contribution is 5.24. The SMILES string of the molecule is C(=C1CC1)=C1CC1. The van der Waals surface area contributed by atoms with Crippen LogP contribution < -0.4 is 0 Å². The summed E-state index contributed by atoms with van der Waals surface area (Å²) in [6.07, 6.45) is 5.35. The predicted octanol–water partition coefficient (Wildman–Crippen LogP) is 2.03. The van der Waals surface area contributed by atoms with Gasteiger partial charge in [-0.2, -0.15) is 0 Å². The topological polar surface area (TPSA) is 0 Å².